The second-order valence-corrected chi connectivity index (χ2v) is 6.81. The summed E-state index contributed by atoms with van der Waals surface area (Å²) in [5.74, 6) is 1.46. The van der Waals surface area contributed by atoms with Crippen LogP contribution in [0.1, 0.15) is 34.3 Å². The van der Waals surface area contributed by atoms with Crippen LogP contribution < -0.4 is 14.8 Å². The van der Waals surface area contributed by atoms with Crippen molar-refractivity contribution in [3.63, 3.8) is 0 Å². The van der Waals surface area contributed by atoms with E-state index in [0.717, 1.165) is 24.1 Å². The summed E-state index contributed by atoms with van der Waals surface area (Å²) in [4.78, 5) is 25.9. The predicted molar refractivity (Wildman–Crippen MR) is 107 cm³/mol. The molecule has 0 atom stereocenters. The highest BCUT2D eigenvalue weighted by Crippen LogP contribution is 2.27. The lowest BCUT2D eigenvalue weighted by molar-refractivity contribution is -0.128. The van der Waals surface area contributed by atoms with E-state index in [1.54, 1.807) is 14.2 Å². The SMILES string of the molecule is COc1ccc(CCNC(=O)c2ccc(CN3CCCC3=O)cc2)cc1OC. The fraction of sp³-hybridized carbons (Fsp3) is 0.364. The van der Waals surface area contributed by atoms with Crippen molar-refractivity contribution in [2.45, 2.75) is 25.8 Å². The Morgan fingerprint density at radius 2 is 1.75 bits per heavy atom. The van der Waals surface area contributed by atoms with Gasteiger partial charge in [0.2, 0.25) is 5.91 Å². The quantitative estimate of drug-likeness (QED) is 0.762. The average molecular weight is 382 g/mol. The van der Waals surface area contributed by atoms with Crippen molar-refractivity contribution in [1.82, 2.24) is 10.2 Å². The number of carbonyl (C=O) groups is 2. The van der Waals surface area contributed by atoms with Crippen molar-refractivity contribution in [3.8, 4) is 11.5 Å². The first kappa shape index (κ1) is 19.7. The van der Waals surface area contributed by atoms with Crippen molar-refractivity contribution in [3.05, 3.63) is 59.2 Å². The third kappa shape index (κ3) is 4.82. The predicted octanol–water partition coefficient (Wildman–Crippen LogP) is 2.80. The minimum atomic E-state index is -0.107. The zero-order valence-corrected chi connectivity index (χ0v) is 16.4. The van der Waals surface area contributed by atoms with E-state index in [9.17, 15) is 9.59 Å². The molecule has 0 spiro atoms. The first-order valence-corrected chi connectivity index (χ1v) is 9.46. The first-order chi connectivity index (χ1) is 13.6. The molecule has 2 amide bonds. The largest absolute Gasteiger partial charge is 0.493 e. The van der Waals surface area contributed by atoms with Gasteiger partial charge in [-0.15, -0.1) is 0 Å². The summed E-state index contributed by atoms with van der Waals surface area (Å²) in [5.41, 5.74) is 2.71. The molecular weight excluding hydrogens is 356 g/mol. The van der Waals surface area contributed by atoms with Gasteiger partial charge < -0.3 is 19.7 Å². The van der Waals surface area contributed by atoms with E-state index >= 15 is 0 Å². The molecule has 0 bridgehead atoms. The van der Waals surface area contributed by atoms with Crippen LogP contribution in [0.15, 0.2) is 42.5 Å². The number of ether oxygens (including phenoxy) is 2. The number of likely N-dealkylation sites (tertiary alicyclic amines) is 1. The van der Waals surface area contributed by atoms with Crippen LogP contribution in [0.3, 0.4) is 0 Å². The van der Waals surface area contributed by atoms with E-state index in [2.05, 4.69) is 5.32 Å². The normalized spacial score (nSPS) is 13.5. The minimum Gasteiger partial charge on any atom is -0.493 e. The molecule has 28 heavy (non-hydrogen) atoms. The highest BCUT2D eigenvalue weighted by Gasteiger charge is 2.20. The van der Waals surface area contributed by atoms with Gasteiger partial charge in [-0.1, -0.05) is 18.2 Å². The second kappa shape index (κ2) is 9.26. The Balaban J connectivity index is 1.50. The first-order valence-electron chi connectivity index (χ1n) is 9.46. The molecule has 2 aromatic carbocycles. The molecule has 6 nitrogen and oxygen atoms in total. The molecule has 1 fully saturated rings. The second-order valence-electron chi connectivity index (χ2n) is 6.81. The van der Waals surface area contributed by atoms with Gasteiger partial charge in [-0.3, -0.25) is 9.59 Å². The lowest BCUT2D eigenvalue weighted by Gasteiger charge is -2.15. The van der Waals surface area contributed by atoms with Crippen LogP contribution >= 0.6 is 0 Å². The third-order valence-corrected chi connectivity index (χ3v) is 4.91. The standard InChI is InChI=1S/C22H26N2O4/c1-27-19-10-7-16(14-20(19)28-2)11-12-23-22(26)18-8-5-17(6-9-18)15-24-13-3-4-21(24)25/h5-10,14H,3-4,11-13,15H2,1-2H3,(H,23,26). The Bertz CT molecular complexity index is 833. The number of nitrogens with zero attached hydrogens (tertiary/aromatic N) is 1. The fourth-order valence-corrected chi connectivity index (χ4v) is 3.31. The van der Waals surface area contributed by atoms with Gasteiger partial charge in [0.25, 0.3) is 5.91 Å². The summed E-state index contributed by atoms with van der Waals surface area (Å²) in [7, 11) is 3.21. The van der Waals surface area contributed by atoms with Crippen molar-refractivity contribution >= 4 is 11.8 Å². The molecule has 148 valence electrons. The van der Waals surface area contributed by atoms with Gasteiger partial charge in [-0.05, 0) is 48.2 Å². The molecule has 6 heteroatoms. The summed E-state index contributed by atoms with van der Waals surface area (Å²) in [6.07, 6.45) is 2.27. The number of benzene rings is 2. The third-order valence-electron chi connectivity index (χ3n) is 4.91. The highest BCUT2D eigenvalue weighted by atomic mass is 16.5. The van der Waals surface area contributed by atoms with Gasteiger partial charge >= 0.3 is 0 Å². The Labute approximate surface area is 165 Å². The van der Waals surface area contributed by atoms with E-state index < -0.39 is 0 Å². The molecule has 0 unspecified atom stereocenters. The van der Waals surface area contributed by atoms with Crippen molar-refractivity contribution in [1.29, 1.82) is 0 Å². The van der Waals surface area contributed by atoms with Crippen LogP contribution in [0.25, 0.3) is 0 Å². The summed E-state index contributed by atoms with van der Waals surface area (Å²) < 4.78 is 10.5. The number of methoxy groups -OCH3 is 2. The zero-order valence-electron chi connectivity index (χ0n) is 16.4. The number of rotatable bonds is 8. The average Bonchev–Trinajstić information content (AvgIpc) is 3.12. The smallest absolute Gasteiger partial charge is 0.251 e. The van der Waals surface area contributed by atoms with Gasteiger partial charge in [0.15, 0.2) is 11.5 Å². The van der Waals surface area contributed by atoms with Crippen molar-refractivity contribution < 1.29 is 19.1 Å². The Morgan fingerprint density at radius 1 is 1.04 bits per heavy atom. The van der Waals surface area contributed by atoms with E-state index in [4.69, 9.17) is 9.47 Å². The van der Waals surface area contributed by atoms with Gasteiger partial charge in [0.1, 0.15) is 0 Å². The molecular formula is C22H26N2O4. The topological polar surface area (TPSA) is 67.9 Å². The van der Waals surface area contributed by atoms with Gasteiger partial charge in [-0.2, -0.15) is 0 Å². The number of hydrogen-bond acceptors (Lipinski definition) is 4. The molecule has 0 aliphatic carbocycles. The number of hydrogen-bond donors (Lipinski definition) is 1. The fourth-order valence-electron chi connectivity index (χ4n) is 3.31. The van der Waals surface area contributed by atoms with Crippen LogP contribution in [-0.4, -0.2) is 44.0 Å². The Hall–Kier alpha value is -3.02. The van der Waals surface area contributed by atoms with E-state index in [-0.39, 0.29) is 11.8 Å². The molecule has 3 rings (SSSR count). The maximum absolute atomic E-state index is 12.3. The van der Waals surface area contributed by atoms with Crippen LogP contribution in [0.4, 0.5) is 0 Å². The lowest BCUT2D eigenvalue weighted by Crippen LogP contribution is -2.26. The Kier molecular flexibility index (Phi) is 6.53. The molecule has 2 aromatic rings. The highest BCUT2D eigenvalue weighted by molar-refractivity contribution is 5.94. The molecule has 1 aliphatic rings. The van der Waals surface area contributed by atoms with Gasteiger partial charge in [0.05, 0.1) is 14.2 Å². The van der Waals surface area contributed by atoms with Crippen LogP contribution in [0, 0.1) is 0 Å². The number of amides is 2. The Morgan fingerprint density at radius 3 is 2.39 bits per heavy atom. The van der Waals surface area contributed by atoms with Crippen LogP contribution in [-0.2, 0) is 17.8 Å². The summed E-state index contributed by atoms with van der Waals surface area (Å²) in [5, 5.41) is 2.94. The molecule has 0 saturated carbocycles. The minimum absolute atomic E-state index is 0.107. The summed E-state index contributed by atoms with van der Waals surface area (Å²) in [6, 6.07) is 13.2. The number of nitrogens with one attached hydrogen (secondary N) is 1. The molecule has 1 heterocycles. The van der Waals surface area contributed by atoms with E-state index in [0.29, 0.717) is 43.0 Å². The van der Waals surface area contributed by atoms with E-state index in [1.807, 2.05) is 47.4 Å². The summed E-state index contributed by atoms with van der Waals surface area (Å²) >= 11 is 0. The maximum Gasteiger partial charge on any atom is 0.251 e. The number of carbonyl (C=O) groups excluding carboxylic acids is 2. The lowest BCUT2D eigenvalue weighted by atomic mass is 10.1. The van der Waals surface area contributed by atoms with Crippen molar-refractivity contribution in [2.24, 2.45) is 0 Å². The maximum atomic E-state index is 12.3. The molecule has 1 aliphatic heterocycles. The molecule has 0 aromatic heterocycles. The van der Waals surface area contributed by atoms with Gasteiger partial charge in [-0.25, -0.2) is 0 Å². The molecule has 1 saturated heterocycles. The van der Waals surface area contributed by atoms with E-state index in [1.165, 1.54) is 0 Å². The molecule has 0 radical (unpaired) electrons. The zero-order chi connectivity index (χ0) is 19.9. The van der Waals surface area contributed by atoms with Crippen molar-refractivity contribution in [2.75, 3.05) is 27.3 Å². The summed E-state index contributed by atoms with van der Waals surface area (Å²) in [6.45, 7) is 1.95. The molecule has 1 N–H and O–H groups in total. The van der Waals surface area contributed by atoms with Crippen LogP contribution in [0.5, 0.6) is 11.5 Å². The monoisotopic (exact) mass is 382 g/mol. The van der Waals surface area contributed by atoms with Gasteiger partial charge in [0, 0.05) is 31.6 Å². The van der Waals surface area contributed by atoms with Crippen LogP contribution in [0.2, 0.25) is 0 Å².